The van der Waals surface area contributed by atoms with Gasteiger partial charge in [0.1, 0.15) is 5.75 Å². The zero-order valence-electron chi connectivity index (χ0n) is 9.48. The Kier molecular flexibility index (Phi) is 3.71. The van der Waals surface area contributed by atoms with E-state index in [1.807, 2.05) is 6.07 Å². The Bertz CT molecular complexity index is 696. The summed E-state index contributed by atoms with van der Waals surface area (Å²) < 4.78 is 27.5. The van der Waals surface area contributed by atoms with E-state index in [2.05, 4.69) is 0 Å². The van der Waals surface area contributed by atoms with Crippen LogP contribution in [0.5, 0.6) is 5.75 Å². The summed E-state index contributed by atoms with van der Waals surface area (Å²) >= 11 is 5.90. The second-order valence-corrected chi connectivity index (χ2v) is 7.05. The maximum atomic E-state index is 11.2. The summed E-state index contributed by atoms with van der Waals surface area (Å²) in [4.78, 5) is 0. The fourth-order valence-electron chi connectivity index (χ4n) is 1.78. The van der Waals surface area contributed by atoms with Crippen LogP contribution in [0.4, 0.5) is 0 Å². The third-order valence-electron chi connectivity index (χ3n) is 2.53. The van der Waals surface area contributed by atoms with E-state index in [-0.39, 0.29) is 5.75 Å². The van der Waals surface area contributed by atoms with Gasteiger partial charge in [-0.1, -0.05) is 17.7 Å². The number of benzene rings is 2. The van der Waals surface area contributed by atoms with Crippen LogP contribution in [-0.2, 0) is 14.8 Å². The predicted molar refractivity (Wildman–Crippen MR) is 74.0 cm³/mol. The maximum Gasteiger partial charge on any atom is 0.236 e. The van der Waals surface area contributed by atoms with Crippen molar-refractivity contribution in [2.75, 3.05) is 7.11 Å². The Balaban J connectivity index is 2.63. The minimum Gasteiger partial charge on any atom is -0.496 e. The molecule has 6 heteroatoms. The van der Waals surface area contributed by atoms with Gasteiger partial charge in [0.2, 0.25) is 9.05 Å². The molecule has 0 saturated carbocycles. The Labute approximate surface area is 115 Å². The van der Waals surface area contributed by atoms with E-state index in [0.29, 0.717) is 16.3 Å². The molecule has 18 heavy (non-hydrogen) atoms. The lowest BCUT2D eigenvalue weighted by molar-refractivity contribution is 0.411. The molecule has 0 spiro atoms. The van der Waals surface area contributed by atoms with E-state index in [0.717, 1.165) is 10.8 Å². The molecule has 0 N–H and O–H groups in total. The third-order valence-corrected chi connectivity index (χ3v) is 3.75. The Morgan fingerprint density at radius 2 is 1.89 bits per heavy atom. The van der Waals surface area contributed by atoms with Crippen LogP contribution in [0.3, 0.4) is 0 Å². The van der Waals surface area contributed by atoms with Crippen molar-refractivity contribution in [1.29, 1.82) is 0 Å². The Morgan fingerprint density at radius 1 is 1.17 bits per heavy atom. The first-order chi connectivity index (χ1) is 8.39. The summed E-state index contributed by atoms with van der Waals surface area (Å²) in [5, 5.41) is 2.36. The van der Waals surface area contributed by atoms with Gasteiger partial charge in [-0.15, -0.1) is 0 Å². The molecule has 0 atom stereocenters. The zero-order valence-corrected chi connectivity index (χ0v) is 11.8. The fraction of sp³-hybridized carbons (Fsp3) is 0.167. The molecule has 0 amide bonds. The van der Waals surface area contributed by atoms with Crippen molar-refractivity contribution in [2.45, 2.75) is 5.75 Å². The fourth-order valence-corrected chi connectivity index (χ4v) is 2.91. The van der Waals surface area contributed by atoms with Gasteiger partial charge in [-0.05, 0) is 35.0 Å². The van der Waals surface area contributed by atoms with Crippen LogP contribution in [-0.4, -0.2) is 15.5 Å². The van der Waals surface area contributed by atoms with Crippen molar-refractivity contribution in [2.24, 2.45) is 0 Å². The molecule has 0 radical (unpaired) electrons. The van der Waals surface area contributed by atoms with Gasteiger partial charge in [0.05, 0.1) is 12.9 Å². The molecule has 3 nitrogen and oxygen atoms in total. The smallest absolute Gasteiger partial charge is 0.236 e. The molecule has 0 aromatic heterocycles. The molecule has 0 aliphatic rings. The average molecular weight is 305 g/mol. The number of ether oxygens (including phenoxy) is 1. The summed E-state index contributed by atoms with van der Waals surface area (Å²) in [6.07, 6.45) is 0. The van der Waals surface area contributed by atoms with Gasteiger partial charge < -0.3 is 4.74 Å². The second kappa shape index (κ2) is 4.96. The van der Waals surface area contributed by atoms with E-state index in [4.69, 9.17) is 27.0 Å². The number of rotatable bonds is 3. The number of fused-ring (bicyclic) bond motifs is 1. The highest BCUT2D eigenvalue weighted by molar-refractivity contribution is 8.13. The molecule has 0 fully saturated rings. The van der Waals surface area contributed by atoms with Crippen molar-refractivity contribution < 1.29 is 13.2 Å². The van der Waals surface area contributed by atoms with E-state index in [1.54, 1.807) is 24.3 Å². The minimum atomic E-state index is -3.63. The SMILES string of the molecule is COc1cc2ccc(Cl)cc2cc1CS(=O)(=O)Cl. The van der Waals surface area contributed by atoms with Gasteiger partial charge in [-0.2, -0.15) is 0 Å². The molecule has 0 unspecified atom stereocenters. The molecule has 0 aliphatic heterocycles. The summed E-state index contributed by atoms with van der Waals surface area (Å²) in [7, 11) is 3.13. The van der Waals surface area contributed by atoms with Crippen LogP contribution in [0.2, 0.25) is 5.02 Å². The summed E-state index contributed by atoms with van der Waals surface area (Å²) in [6, 6.07) is 8.87. The highest BCUT2D eigenvalue weighted by atomic mass is 35.7. The molecule has 2 rings (SSSR count). The lowest BCUT2D eigenvalue weighted by Gasteiger charge is -2.09. The van der Waals surface area contributed by atoms with Crippen LogP contribution >= 0.6 is 22.3 Å². The first-order valence-corrected chi connectivity index (χ1v) is 7.93. The van der Waals surface area contributed by atoms with E-state index < -0.39 is 9.05 Å². The van der Waals surface area contributed by atoms with Crippen molar-refractivity contribution in [3.05, 3.63) is 40.9 Å². The van der Waals surface area contributed by atoms with Gasteiger partial charge in [0.15, 0.2) is 0 Å². The van der Waals surface area contributed by atoms with Gasteiger partial charge in [0.25, 0.3) is 0 Å². The van der Waals surface area contributed by atoms with Crippen LogP contribution in [0.1, 0.15) is 5.56 Å². The Hall–Kier alpha value is -0.970. The lowest BCUT2D eigenvalue weighted by Crippen LogP contribution is -1.98. The number of halogens is 2. The van der Waals surface area contributed by atoms with Crippen molar-refractivity contribution in [1.82, 2.24) is 0 Å². The number of hydrogen-bond acceptors (Lipinski definition) is 3. The van der Waals surface area contributed by atoms with E-state index >= 15 is 0 Å². The lowest BCUT2D eigenvalue weighted by atomic mass is 10.1. The molecule has 2 aromatic carbocycles. The van der Waals surface area contributed by atoms with Gasteiger partial charge in [-0.25, -0.2) is 8.42 Å². The van der Waals surface area contributed by atoms with Crippen molar-refractivity contribution >= 4 is 42.1 Å². The van der Waals surface area contributed by atoms with Gasteiger partial charge in [0, 0.05) is 21.3 Å². The topological polar surface area (TPSA) is 43.4 Å². The molecular weight excluding hydrogens is 295 g/mol. The molecular formula is C12H10Cl2O3S. The number of methoxy groups -OCH3 is 1. The monoisotopic (exact) mass is 304 g/mol. The summed E-state index contributed by atoms with van der Waals surface area (Å²) in [6.45, 7) is 0. The standard InChI is InChI=1S/C12H10Cl2O3S/c1-17-12-6-8-2-3-11(13)5-9(8)4-10(12)7-18(14,15)16/h2-6H,7H2,1H3. The quantitative estimate of drug-likeness (QED) is 0.814. The predicted octanol–water partition coefficient (Wildman–Crippen LogP) is 3.57. The highest BCUT2D eigenvalue weighted by Gasteiger charge is 2.13. The molecule has 2 aromatic rings. The molecule has 96 valence electrons. The first kappa shape index (κ1) is 13.5. The second-order valence-electron chi connectivity index (χ2n) is 3.84. The molecule has 0 saturated heterocycles. The third kappa shape index (κ3) is 3.07. The zero-order chi connectivity index (χ0) is 13.3. The Morgan fingerprint density at radius 3 is 2.50 bits per heavy atom. The van der Waals surface area contributed by atoms with E-state index in [1.165, 1.54) is 7.11 Å². The highest BCUT2D eigenvalue weighted by Crippen LogP contribution is 2.29. The minimum absolute atomic E-state index is 0.278. The molecule has 0 bridgehead atoms. The molecule has 0 heterocycles. The van der Waals surface area contributed by atoms with Crippen molar-refractivity contribution in [3.8, 4) is 5.75 Å². The largest absolute Gasteiger partial charge is 0.496 e. The number of hydrogen-bond donors (Lipinski definition) is 0. The van der Waals surface area contributed by atoms with Gasteiger partial charge >= 0.3 is 0 Å². The van der Waals surface area contributed by atoms with E-state index in [9.17, 15) is 8.42 Å². The maximum absolute atomic E-state index is 11.2. The van der Waals surface area contributed by atoms with Crippen LogP contribution in [0.25, 0.3) is 10.8 Å². The normalized spacial score (nSPS) is 11.7. The van der Waals surface area contributed by atoms with Crippen LogP contribution in [0.15, 0.2) is 30.3 Å². The summed E-state index contributed by atoms with van der Waals surface area (Å²) in [5.74, 6) is 0.217. The van der Waals surface area contributed by atoms with Crippen LogP contribution in [0, 0.1) is 0 Å². The van der Waals surface area contributed by atoms with Crippen LogP contribution < -0.4 is 4.74 Å². The van der Waals surface area contributed by atoms with Gasteiger partial charge in [-0.3, -0.25) is 0 Å². The van der Waals surface area contributed by atoms with Crippen molar-refractivity contribution in [3.63, 3.8) is 0 Å². The molecule has 0 aliphatic carbocycles. The first-order valence-electron chi connectivity index (χ1n) is 5.07. The summed E-state index contributed by atoms with van der Waals surface area (Å²) in [5.41, 5.74) is 0.516. The average Bonchev–Trinajstić information content (AvgIpc) is 2.25.